The topological polar surface area (TPSA) is 59.8 Å². The zero-order valence-electron chi connectivity index (χ0n) is 8.82. The Kier molecular flexibility index (Phi) is 3.31. The number of carbonyl (C=O) groups is 1. The molecule has 2 rings (SSSR count). The zero-order chi connectivity index (χ0) is 12.4. The van der Waals surface area contributed by atoms with Crippen LogP contribution in [0.4, 0.5) is 5.69 Å². The third-order valence-electron chi connectivity index (χ3n) is 2.01. The van der Waals surface area contributed by atoms with Gasteiger partial charge in [0.15, 0.2) is 5.69 Å². The van der Waals surface area contributed by atoms with Crippen LogP contribution in [0.2, 0.25) is 10.0 Å². The number of nitrogens with one attached hydrogen (secondary N) is 1. The fourth-order valence-corrected chi connectivity index (χ4v) is 1.57. The Bertz CT molecular complexity index is 567. The van der Waals surface area contributed by atoms with Gasteiger partial charge in [-0.25, -0.2) is 0 Å². The highest BCUT2D eigenvalue weighted by atomic mass is 35.5. The van der Waals surface area contributed by atoms with Crippen molar-refractivity contribution in [1.29, 1.82) is 0 Å². The van der Waals surface area contributed by atoms with Crippen LogP contribution in [-0.2, 0) is 7.05 Å². The first-order valence-electron chi connectivity index (χ1n) is 4.69. The van der Waals surface area contributed by atoms with Gasteiger partial charge < -0.3 is 5.32 Å². The first-order chi connectivity index (χ1) is 8.06. The summed E-state index contributed by atoms with van der Waals surface area (Å²) in [4.78, 5) is 11.8. The maximum Gasteiger partial charge on any atom is 0.277 e. The molecule has 0 saturated heterocycles. The molecule has 0 aliphatic carbocycles. The fraction of sp³-hybridized carbons (Fsp3) is 0.100. The van der Waals surface area contributed by atoms with E-state index in [1.54, 1.807) is 25.2 Å². The standard InChI is InChI=1S/C10H8Cl2N4O/c1-16-5-9(14-15-16)10(17)13-8-4-6(11)2-3-7(8)12/h2-5H,1H3,(H,13,17). The summed E-state index contributed by atoms with van der Waals surface area (Å²) in [5.74, 6) is -0.387. The smallest absolute Gasteiger partial charge is 0.277 e. The number of carbonyl (C=O) groups excluding carboxylic acids is 1. The Hall–Kier alpha value is -1.59. The number of anilines is 1. The van der Waals surface area contributed by atoms with Crippen LogP contribution in [0, 0.1) is 0 Å². The van der Waals surface area contributed by atoms with Crippen molar-refractivity contribution in [3.63, 3.8) is 0 Å². The van der Waals surface area contributed by atoms with Crippen LogP contribution < -0.4 is 5.32 Å². The zero-order valence-corrected chi connectivity index (χ0v) is 10.3. The molecule has 0 unspecified atom stereocenters. The Morgan fingerprint density at radius 3 is 2.82 bits per heavy atom. The van der Waals surface area contributed by atoms with Crippen LogP contribution in [0.3, 0.4) is 0 Å². The summed E-state index contributed by atoms with van der Waals surface area (Å²) in [5, 5.41) is 10.9. The van der Waals surface area contributed by atoms with Crippen LogP contribution in [0.1, 0.15) is 10.5 Å². The van der Waals surface area contributed by atoms with Crippen LogP contribution in [0.15, 0.2) is 24.4 Å². The third-order valence-corrected chi connectivity index (χ3v) is 2.58. The normalized spacial score (nSPS) is 10.3. The van der Waals surface area contributed by atoms with Gasteiger partial charge in [-0.15, -0.1) is 5.10 Å². The minimum absolute atomic E-state index is 0.212. The average molecular weight is 271 g/mol. The van der Waals surface area contributed by atoms with E-state index in [9.17, 15) is 4.79 Å². The predicted octanol–water partition coefficient (Wildman–Crippen LogP) is 2.37. The quantitative estimate of drug-likeness (QED) is 0.912. The highest BCUT2D eigenvalue weighted by Crippen LogP contribution is 2.25. The van der Waals surface area contributed by atoms with Crippen LogP contribution in [0.25, 0.3) is 0 Å². The second-order valence-corrected chi connectivity index (χ2v) is 4.20. The summed E-state index contributed by atoms with van der Waals surface area (Å²) in [5.41, 5.74) is 0.651. The van der Waals surface area contributed by atoms with E-state index in [-0.39, 0.29) is 11.6 Å². The highest BCUT2D eigenvalue weighted by Gasteiger charge is 2.12. The molecule has 1 N–H and O–H groups in total. The van der Waals surface area contributed by atoms with Crippen molar-refractivity contribution in [1.82, 2.24) is 15.0 Å². The van der Waals surface area contributed by atoms with Gasteiger partial charge in [0.1, 0.15) is 0 Å². The van der Waals surface area contributed by atoms with Crippen molar-refractivity contribution in [2.75, 3.05) is 5.32 Å². The van der Waals surface area contributed by atoms with Crippen molar-refractivity contribution in [3.05, 3.63) is 40.1 Å². The summed E-state index contributed by atoms with van der Waals surface area (Å²) in [6.07, 6.45) is 1.51. The first kappa shape index (κ1) is 11.9. The molecular formula is C10H8Cl2N4O. The molecule has 0 aliphatic heterocycles. The molecule has 0 fully saturated rings. The fourth-order valence-electron chi connectivity index (χ4n) is 1.23. The highest BCUT2D eigenvalue weighted by molar-refractivity contribution is 6.35. The number of aryl methyl sites for hydroxylation is 1. The monoisotopic (exact) mass is 270 g/mol. The van der Waals surface area contributed by atoms with Gasteiger partial charge in [-0.05, 0) is 18.2 Å². The molecule has 0 atom stereocenters. The van der Waals surface area contributed by atoms with Crippen molar-refractivity contribution in [2.24, 2.45) is 7.05 Å². The molecule has 17 heavy (non-hydrogen) atoms. The second kappa shape index (κ2) is 4.73. The molecule has 1 heterocycles. The van der Waals surface area contributed by atoms with E-state index in [1.165, 1.54) is 10.9 Å². The van der Waals surface area contributed by atoms with Crippen LogP contribution in [-0.4, -0.2) is 20.9 Å². The molecule has 1 aromatic carbocycles. The molecule has 5 nitrogen and oxygen atoms in total. The van der Waals surface area contributed by atoms with E-state index in [0.29, 0.717) is 15.7 Å². The van der Waals surface area contributed by atoms with Gasteiger partial charge in [0.25, 0.3) is 5.91 Å². The largest absolute Gasteiger partial charge is 0.319 e. The molecule has 7 heteroatoms. The van der Waals surface area contributed by atoms with Crippen molar-refractivity contribution >= 4 is 34.8 Å². The number of nitrogens with zero attached hydrogens (tertiary/aromatic N) is 3. The van der Waals surface area contributed by atoms with E-state index < -0.39 is 0 Å². The lowest BCUT2D eigenvalue weighted by atomic mass is 10.3. The number of aromatic nitrogens is 3. The summed E-state index contributed by atoms with van der Waals surface area (Å²) < 4.78 is 1.44. The van der Waals surface area contributed by atoms with E-state index in [1.807, 2.05) is 0 Å². The molecule has 0 radical (unpaired) electrons. The second-order valence-electron chi connectivity index (χ2n) is 3.36. The van der Waals surface area contributed by atoms with E-state index in [4.69, 9.17) is 23.2 Å². The molecule has 2 aromatic rings. The Labute approximate surface area is 107 Å². The van der Waals surface area contributed by atoms with Gasteiger partial charge in [-0.3, -0.25) is 9.48 Å². The Balaban J connectivity index is 2.21. The molecule has 0 bridgehead atoms. The van der Waals surface area contributed by atoms with Gasteiger partial charge >= 0.3 is 0 Å². The van der Waals surface area contributed by atoms with E-state index >= 15 is 0 Å². The lowest BCUT2D eigenvalue weighted by molar-refractivity contribution is 0.102. The number of rotatable bonds is 2. The maximum atomic E-state index is 11.8. The molecule has 88 valence electrons. The number of benzene rings is 1. The summed E-state index contributed by atoms with van der Waals surface area (Å²) >= 11 is 11.7. The Morgan fingerprint density at radius 2 is 2.18 bits per heavy atom. The predicted molar refractivity (Wildman–Crippen MR) is 65.4 cm³/mol. The number of hydrogen-bond acceptors (Lipinski definition) is 3. The third kappa shape index (κ3) is 2.75. The molecule has 0 saturated carbocycles. The lowest BCUT2D eigenvalue weighted by Gasteiger charge is -2.05. The molecule has 0 spiro atoms. The van der Waals surface area contributed by atoms with Gasteiger partial charge in [0, 0.05) is 12.1 Å². The minimum Gasteiger partial charge on any atom is -0.319 e. The number of hydrogen-bond donors (Lipinski definition) is 1. The molecule has 1 amide bonds. The van der Waals surface area contributed by atoms with Crippen molar-refractivity contribution in [3.8, 4) is 0 Å². The van der Waals surface area contributed by atoms with Crippen LogP contribution >= 0.6 is 23.2 Å². The Morgan fingerprint density at radius 1 is 1.41 bits per heavy atom. The van der Waals surface area contributed by atoms with Gasteiger partial charge in [-0.1, -0.05) is 28.4 Å². The van der Waals surface area contributed by atoms with E-state index in [2.05, 4.69) is 15.6 Å². The van der Waals surface area contributed by atoms with E-state index in [0.717, 1.165) is 0 Å². The molecule has 0 aliphatic rings. The number of amides is 1. The van der Waals surface area contributed by atoms with Gasteiger partial charge in [-0.2, -0.15) is 0 Å². The number of halogens is 2. The summed E-state index contributed by atoms with van der Waals surface area (Å²) in [6, 6.07) is 4.82. The van der Waals surface area contributed by atoms with Crippen molar-refractivity contribution in [2.45, 2.75) is 0 Å². The van der Waals surface area contributed by atoms with Crippen LogP contribution in [0.5, 0.6) is 0 Å². The molecular weight excluding hydrogens is 263 g/mol. The summed E-state index contributed by atoms with van der Waals surface area (Å²) in [7, 11) is 1.68. The average Bonchev–Trinajstić information content (AvgIpc) is 2.70. The first-order valence-corrected chi connectivity index (χ1v) is 5.44. The molecule has 1 aromatic heterocycles. The lowest BCUT2D eigenvalue weighted by Crippen LogP contribution is -2.12. The minimum atomic E-state index is -0.387. The van der Waals surface area contributed by atoms with Gasteiger partial charge in [0.05, 0.1) is 16.9 Å². The summed E-state index contributed by atoms with van der Waals surface area (Å²) in [6.45, 7) is 0. The SMILES string of the molecule is Cn1cc(C(=O)Nc2cc(Cl)ccc2Cl)nn1. The van der Waals surface area contributed by atoms with Crippen molar-refractivity contribution < 1.29 is 4.79 Å². The van der Waals surface area contributed by atoms with Gasteiger partial charge in [0.2, 0.25) is 0 Å². The maximum absolute atomic E-state index is 11.8.